The number of carbonyl (C=O) groups excluding carboxylic acids is 2. The van der Waals surface area contributed by atoms with Gasteiger partial charge in [-0.3, -0.25) is 15.0 Å². The molecule has 4 atom stereocenters. The number of hydrazine groups is 1. The van der Waals surface area contributed by atoms with Gasteiger partial charge in [0.15, 0.2) is 5.92 Å². The smallest absolute Gasteiger partial charge is 0.382 e. The van der Waals surface area contributed by atoms with Crippen LogP contribution in [0.2, 0.25) is 0 Å². The van der Waals surface area contributed by atoms with E-state index in [0.717, 1.165) is 12.4 Å². The summed E-state index contributed by atoms with van der Waals surface area (Å²) < 4.78 is 94.9. The molecule has 2 unspecified atom stereocenters. The van der Waals surface area contributed by atoms with E-state index < -0.39 is 48.1 Å². The molecular weight excluding hydrogens is 554 g/mol. The second kappa shape index (κ2) is 12.4. The summed E-state index contributed by atoms with van der Waals surface area (Å²) in [5, 5.41) is 0. The predicted octanol–water partition coefficient (Wildman–Crippen LogP) is 1.29. The number of anilines is 1. The summed E-state index contributed by atoms with van der Waals surface area (Å²) >= 11 is 0. The van der Waals surface area contributed by atoms with Crippen LogP contribution in [0.15, 0.2) is 12.4 Å². The maximum absolute atomic E-state index is 13.4. The maximum atomic E-state index is 13.4. The van der Waals surface area contributed by atoms with Gasteiger partial charge in [-0.1, -0.05) is 0 Å². The Labute approximate surface area is 225 Å². The number of amides is 2. The Bertz CT molecular complexity index is 1020. The first kappa shape index (κ1) is 30.2. The van der Waals surface area contributed by atoms with Gasteiger partial charge in [-0.05, 0) is 12.8 Å². The first-order chi connectivity index (χ1) is 18.9. The zero-order valence-corrected chi connectivity index (χ0v) is 21.5. The highest BCUT2D eigenvalue weighted by Gasteiger charge is 2.52. The molecular formula is C23H30F6N6O5. The van der Waals surface area contributed by atoms with Crippen LogP contribution < -0.4 is 15.8 Å². The van der Waals surface area contributed by atoms with Crippen molar-refractivity contribution in [3.05, 3.63) is 18.0 Å². The minimum atomic E-state index is -4.81. The number of aromatic nitrogens is 2. The third-order valence-corrected chi connectivity index (χ3v) is 7.07. The number of methoxy groups -OCH3 is 1. The zero-order chi connectivity index (χ0) is 29.1. The molecule has 0 aliphatic carbocycles. The lowest BCUT2D eigenvalue weighted by Crippen LogP contribution is -2.61. The fourth-order valence-electron chi connectivity index (χ4n) is 5.07. The van der Waals surface area contributed by atoms with E-state index in [1.807, 2.05) is 5.43 Å². The van der Waals surface area contributed by atoms with E-state index in [-0.39, 0.29) is 37.7 Å². The van der Waals surface area contributed by atoms with Crippen LogP contribution in [0.3, 0.4) is 0 Å². The number of hydrogen-bond donors (Lipinski definition) is 2. The van der Waals surface area contributed by atoms with Crippen molar-refractivity contribution in [2.75, 3.05) is 51.4 Å². The number of likely N-dealkylation sites (tertiary alicyclic amines) is 1. The zero-order valence-electron chi connectivity index (χ0n) is 21.5. The average molecular weight is 585 g/mol. The summed E-state index contributed by atoms with van der Waals surface area (Å²) in [6.07, 6.45) is -9.66. The van der Waals surface area contributed by atoms with Crippen molar-refractivity contribution in [3.63, 3.8) is 0 Å². The largest absolute Gasteiger partial charge is 0.419 e. The predicted molar refractivity (Wildman–Crippen MR) is 125 cm³/mol. The van der Waals surface area contributed by atoms with Crippen molar-refractivity contribution >= 4 is 17.8 Å². The van der Waals surface area contributed by atoms with Gasteiger partial charge in [0.2, 0.25) is 11.9 Å². The maximum Gasteiger partial charge on any atom is 0.419 e. The van der Waals surface area contributed by atoms with Gasteiger partial charge < -0.3 is 24.0 Å². The van der Waals surface area contributed by atoms with Crippen LogP contribution in [0, 0.1) is 5.92 Å². The van der Waals surface area contributed by atoms with Crippen LogP contribution in [-0.2, 0) is 30.0 Å². The number of nitrogens with one attached hydrogen (secondary N) is 2. The average Bonchev–Trinajstić information content (AvgIpc) is 3.26. The minimum absolute atomic E-state index is 0.113. The third-order valence-electron chi connectivity index (χ3n) is 7.07. The molecule has 40 heavy (non-hydrogen) atoms. The number of nitrogens with zero attached hydrogens (tertiary/aromatic N) is 4. The number of alkyl halides is 6. The molecule has 0 bridgehead atoms. The van der Waals surface area contributed by atoms with Crippen LogP contribution in [0.5, 0.6) is 0 Å². The summed E-state index contributed by atoms with van der Waals surface area (Å²) in [6.45, 7) is 0.700. The van der Waals surface area contributed by atoms with Crippen LogP contribution in [0.25, 0.3) is 0 Å². The number of ether oxygens (including phenoxy) is 3. The lowest BCUT2D eigenvalue weighted by molar-refractivity contribution is -0.223. The number of rotatable bonds is 9. The summed E-state index contributed by atoms with van der Waals surface area (Å²) in [5.41, 5.74) is 3.41. The van der Waals surface area contributed by atoms with E-state index in [4.69, 9.17) is 14.2 Å². The highest BCUT2D eigenvalue weighted by molar-refractivity contribution is 5.83. The van der Waals surface area contributed by atoms with Crippen molar-refractivity contribution in [3.8, 4) is 0 Å². The minimum Gasteiger partial charge on any atom is -0.382 e. The van der Waals surface area contributed by atoms with Gasteiger partial charge in [0.25, 0.3) is 5.91 Å². The van der Waals surface area contributed by atoms with E-state index in [0.29, 0.717) is 38.9 Å². The standard InChI is InChI=1S/C23H30F6N6O5/c1-38-11-15(40-17-10-32-33-19(36)18(17)23(27,28)29)12-39-16-4-7-35(20(16)37)14-2-5-34(6-3-14)21-30-8-13(9-31-21)22(24,25)26/h8-9,14-18,32H,2-7,10-12H2,1H3,(H,33,36)/t15-,16-,17?,18?/m0/s1. The molecule has 1 aromatic rings. The summed E-state index contributed by atoms with van der Waals surface area (Å²) in [7, 11) is 1.34. The Kier molecular flexibility index (Phi) is 9.36. The summed E-state index contributed by atoms with van der Waals surface area (Å²) in [6, 6.07) is -0.114. The molecule has 4 heterocycles. The first-order valence-corrected chi connectivity index (χ1v) is 12.7. The van der Waals surface area contributed by atoms with Gasteiger partial charge in [0.05, 0.1) is 24.9 Å². The third kappa shape index (κ3) is 7.11. The van der Waals surface area contributed by atoms with E-state index in [1.54, 1.807) is 9.80 Å². The molecule has 3 aliphatic rings. The summed E-state index contributed by atoms with van der Waals surface area (Å²) in [5.74, 6) is -3.69. The molecule has 17 heteroatoms. The lowest BCUT2D eigenvalue weighted by atomic mass is 9.99. The molecule has 0 aromatic carbocycles. The second-order valence-corrected chi connectivity index (χ2v) is 9.77. The molecule has 0 spiro atoms. The molecule has 3 aliphatic heterocycles. The van der Waals surface area contributed by atoms with Crippen molar-refractivity contribution in [2.24, 2.45) is 5.92 Å². The first-order valence-electron chi connectivity index (χ1n) is 12.7. The van der Waals surface area contributed by atoms with Crippen molar-refractivity contribution < 1.29 is 50.1 Å². The van der Waals surface area contributed by atoms with Crippen LogP contribution >= 0.6 is 0 Å². The Morgan fingerprint density at radius 3 is 2.30 bits per heavy atom. The lowest BCUT2D eigenvalue weighted by Gasteiger charge is -2.37. The molecule has 3 fully saturated rings. The fourth-order valence-corrected chi connectivity index (χ4v) is 5.07. The van der Waals surface area contributed by atoms with E-state index in [1.165, 1.54) is 7.11 Å². The van der Waals surface area contributed by atoms with Crippen molar-refractivity contribution in [1.82, 2.24) is 25.7 Å². The molecule has 4 rings (SSSR count). The van der Waals surface area contributed by atoms with Crippen LogP contribution in [0.1, 0.15) is 24.8 Å². The number of piperidine rings is 1. The molecule has 2 N–H and O–H groups in total. The molecule has 11 nitrogen and oxygen atoms in total. The number of hydrogen-bond acceptors (Lipinski definition) is 9. The van der Waals surface area contributed by atoms with Gasteiger partial charge in [-0.2, -0.15) is 26.3 Å². The highest BCUT2D eigenvalue weighted by Crippen LogP contribution is 2.33. The van der Waals surface area contributed by atoms with Gasteiger partial charge >= 0.3 is 12.4 Å². The van der Waals surface area contributed by atoms with Crippen molar-refractivity contribution in [2.45, 2.75) is 56.0 Å². The number of carbonyl (C=O) groups is 2. The quantitative estimate of drug-likeness (QED) is 0.414. The SMILES string of the molecule is COC[C@@H](CO[C@H]1CCN(C2CCN(c3ncc(C(F)(F)F)cn3)CC2)C1=O)OC1CNNC(=O)C1C(F)(F)F. The highest BCUT2D eigenvalue weighted by atomic mass is 19.4. The Morgan fingerprint density at radius 2 is 1.70 bits per heavy atom. The van der Waals surface area contributed by atoms with Gasteiger partial charge in [0, 0.05) is 58.1 Å². The Balaban J connectivity index is 1.27. The topological polar surface area (TPSA) is 118 Å². The normalized spacial score (nSPS) is 25.8. The van der Waals surface area contributed by atoms with Gasteiger partial charge in [0.1, 0.15) is 12.2 Å². The fraction of sp³-hybridized carbons (Fsp3) is 0.739. The summed E-state index contributed by atoms with van der Waals surface area (Å²) in [4.78, 5) is 35.9. The van der Waals surface area contributed by atoms with Gasteiger partial charge in [-0.25, -0.2) is 15.4 Å². The molecule has 3 saturated heterocycles. The van der Waals surface area contributed by atoms with Crippen molar-refractivity contribution in [1.29, 1.82) is 0 Å². The molecule has 1 aromatic heterocycles. The van der Waals surface area contributed by atoms with E-state index >= 15 is 0 Å². The molecule has 0 radical (unpaired) electrons. The van der Waals surface area contributed by atoms with E-state index in [2.05, 4.69) is 15.4 Å². The Hall–Kier alpha value is -2.76. The monoisotopic (exact) mass is 584 g/mol. The van der Waals surface area contributed by atoms with Crippen LogP contribution in [-0.4, -0.2) is 104 Å². The molecule has 0 saturated carbocycles. The Morgan fingerprint density at radius 1 is 1.02 bits per heavy atom. The molecule has 2 amide bonds. The van der Waals surface area contributed by atoms with Gasteiger partial charge in [-0.15, -0.1) is 0 Å². The van der Waals surface area contributed by atoms with Crippen LogP contribution in [0.4, 0.5) is 32.3 Å². The number of halogens is 6. The second-order valence-electron chi connectivity index (χ2n) is 9.77. The molecule has 224 valence electrons. The van der Waals surface area contributed by atoms with E-state index in [9.17, 15) is 35.9 Å².